The van der Waals surface area contributed by atoms with Gasteiger partial charge in [-0.25, -0.2) is 0 Å². The first-order chi connectivity index (χ1) is 7.25. The highest BCUT2D eigenvalue weighted by Gasteiger charge is 2.23. The molecule has 0 unspecified atom stereocenters. The van der Waals surface area contributed by atoms with E-state index in [1.165, 1.54) is 11.5 Å². The Labute approximate surface area is 91.1 Å². The van der Waals surface area contributed by atoms with E-state index in [4.69, 9.17) is 5.73 Å². The third kappa shape index (κ3) is 1.44. The van der Waals surface area contributed by atoms with Crippen LogP contribution in [0.2, 0.25) is 0 Å². The van der Waals surface area contributed by atoms with Gasteiger partial charge in [-0.15, -0.1) is 0 Å². The summed E-state index contributed by atoms with van der Waals surface area (Å²) in [6.45, 7) is 0. The average molecular weight is 220 g/mol. The summed E-state index contributed by atoms with van der Waals surface area (Å²) < 4.78 is 4.18. The van der Waals surface area contributed by atoms with Crippen molar-refractivity contribution in [2.24, 2.45) is 0 Å². The summed E-state index contributed by atoms with van der Waals surface area (Å²) in [6.07, 6.45) is 2.00. The van der Waals surface area contributed by atoms with Crippen LogP contribution in [0.15, 0.2) is 18.2 Å². The third-order valence-electron chi connectivity index (χ3n) is 2.62. The fourth-order valence-electron chi connectivity index (χ4n) is 1.61. The zero-order chi connectivity index (χ0) is 10.4. The number of hydrogen-bond acceptors (Lipinski definition) is 5. The van der Waals surface area contributed by atoms with Gasteiger partial charge in [0.05, 0.1) is 5.52 Å². The zero-order valence-electron chi connectivity index (χ0n) is 8.01. The van der Waals surface area contributed by atoms with Crippen LogP contribution in [0.3, 0.4) is 0 Å². The van der Waals surface area contributed by atoms with E-state index in [1.54, 1.807) is 0 Å². The molecule has 15 heavy (non-hydrogen) atoms. The molecule has 1 aromatic heterocycles. The van der Waals surface area contributed by atoms with Crippen LogP contribution in [0.1, 0.15) is 12.8 Å². The second kappa shape index (κ2) is 3.08. The number of fused-ring (bicyclic) bond motifs is 1. The average Bonchev–Trinajstić information content (AvgIpc) is 3.04. The van der Waals surface area contributed by atoms with Gasteiger partial charge < -0.3 is 16.0 Å². The Morgan fingerprint density at radius 1 is 1.47 bits per heavy atom. The van der Waals surface area contributed by atoms with Crippen molar-refractivity contribution >= 4 is 33.1 Å². The second-order valence-electron chi connectivity index (χ2n) is 3.81. The smallest absolute Gasteiger partial charge is 0.114 e. The van der Waals surface area contributed by atoms with Crippen molar-refractivity contribution in [1.29, 1.82) is 0 Å². The summed E-state index contributed by atoms with van der Waals surface area (Å²) in [7, 11) is 0. The van der Waals surface area contributed by atoms with Crippen LogP contribution in [0.5, 0.6) is 0 Å². The summed E-state index contributed by atoms with van der Waals surface area (Å²) in [4.78, 5) is 0. The van der Waals surface area contributed by atoms with Crippen molar-refractivity contribution in [1.82, 2.24) is 4.37 Å². The van der Waals surface area contributed by atoms with Crippen molar-refractivity contribution in [3.05, 3.63) is 23.4 Å². The van der Waals surface area contributed by atoms with Crippen molar-refractivity contribution in [2.45, 2.75) is 18.9 Å². The lowest BCUT2D eigenvalue weighted by Gasteiger charge is -2.30. The molecule has 2 N–H and O–H groups in total. The van der Waals surface area contributed by atoms with E-state index in [0.29, 0.717) is 10.7 Å². The maximum atomic E-state index is 11.7. The van der Waals surface area contributed by atoms with Crippen LogP contribution in [0, 0.1) is 5.21 Å². The molecule has 0 saturated heterocycles. The first-order valence-electron chi connectivity index (χ1n) is 4.87. The molecule has 0 bridgehead atoms. The third-order valence-corrected chi connectivity index (χ3v) is 3.33. The second-order valence-corrected chi connectivity index (χ2v) is 4.61. The van der Waals surface area contributed by atoms with Crippen LogP contribution < -0.4 is 10.8 Å². The minimum Gasteiger partial charge on any atom is -0.758 e. The van der Waals surface area contributed by atoms with Gasteiger partial charge in [0.25, 0.3) is 0 Å². The number of hydrogen-bond donors (Lipinski definition) is 1. The van der Waals surface area contributed by atoms with Crippen LogP contribution in [-0.4, -0.2) is 10.4 Å². The highest BCUT2D eigenvalue weighted by atomic mass is 32.1. The van der Waals surface area contributed by atoms with E-state index >= 15 is 0 Å². The normalized spacial score (nSPS) is 15.8. The Bertz CT molecular complexity index is 506. The summed E-state index contributed by atoms with van der Waals surface area (Å²) in [6, 6.07) is 5.67. The lowest BCUT2D eigenvalue weighted by Crippen LogP contribution is -2.16. The fourth-order valence-corrected chi connectivity index (χ4v) is 2.22. The molecule has 1 aromatic carbocycles. The van der Waals surface area contributed by atoms with Gasteiger partial charge in [-0.2, -0.15) is 4.37 Å². The molecular weight excluding hydrogens is 210 g/mol. The molecule has 0 aliphatic heterocycles. The zero-order valence-corrected chi connectivity index (χ0v) is 8.83. The summed E-state index contributed by atoms with van der Waals surface area (Å²) in [5, 5.41) is 14.4. The Kier molecular flexibility index (Phi) is 1.83. The van der Waals surface area contributed by atoms with E-state index < -0.39 is 0 Å². The van der Waals surface area contributed by atoms with Crippen molar-refractivity contribution in [3.63, 3.8) is 0 Å². The molecule has 78 valence electrons. The highest BCUT2D eigenvalue weighted by Crippen LogP contribution is 2.34. The summed E-state index contributed by atoms with van der Waals surface area (Å²) >= 11 is 1.27. The molecule has 0 radical (unpaired) electrons. The number of nitrogen functional groups attached to an aromatic ring is 1. The van der Waals surface area contributed by atoms with Crippen LogP contribution >= 0.6 is 11.5 Å². The van der Waals surface area contributed by atoms with Gasteiger partial charge in [-0.3, -0.25) is 0 Å². The van der Waals surface area contributed by atoms with Crippen molar-refractivity contribution in [2.75, 3.05) is 10.8 Å². The van der Waals surface area contributed by atoms with Gasteiger partial charge in [0.2, 0.25) is 0 Å². The van der Waals surface area contributed by atoms with E-state index in [-0.39, 0.29) is 6.04 Å². The predicted molar refractivity (Wildman–Crippen MR) is 62.9 cm³/mol. The van der Waals surface area contributed by atoms with Crippen LogP contribution in [-0.2, 0) is 0 Å². The van der Waals surface area contributed by atoms with E-state index in [9.17, 15) is 5.21 Å². The molecule has 5 heteroatoms. The van der Waals surface area contributed by atoms with Crippen LogP contribution in [0.4, 0.5) is 10.7 Å². The minimum absolute atomic E-state index is 0.176. The minimum atomic E-state index is 0.176. The molecule has 0 spiro atoms. The predicted octanol–water partition coefficient (Wildman–Crippen LogP) is 2.35. The van der Waals surface area contributed by atoms with Gasteiger partial charge in [-0.05, 0) is 42.6 Å². The molecule has 3 rings (SSSR count). The number of nitrogens with zero attached hydrogens (tertiary/aromatic N) is 2. The molecule has 1 fully saturated rings. The summed E-state index contributed by atoms with van der Waals surface area (Å²) in [5.74, 6) is 0. The first-order valence-corrected chi connectivity index (χ1v) is 5.64. The van der Waals surface area contributed by atoms with E-state index in [2.05, 4.69) is 4.37 Å². The number of rotatable bonds is 2. The monoisotopic (exact) mass is 220 g/mol. The van der Waals surface area contributed by atoms with Crippen molar-refractivity contribution in [3.8, 4) is 0 Å². The Morgan fingerprint density at radius 2 is 2.27 bits per heavy atom. The van der Waals surface area contributed by atoms with Gasteiger partial charge in [-0.1, -0.05) is 0 Å². The molecule has 0 atom stereocenters. The molecule has 1 saturated carbocycles. The number of nitrogens with two attached hydrogens (primary N) is 1. The Morgan fingerprint density at radius 3 is 3.00 bits per heavy atom. The van der Waals surface area contributed by atoms with E-state index in [0.717, 1.165) is 28.8 Å². The standard InChI is InChI=1S/C10H10N3OS/c11-10-8-5-7(13(14)6-1-2-6)3-4-9(8)12-15-10/h3-6H,1-2,11H2/q-1. The number of hydroxylamine groups is 1. The Balaban J connectivity index is 2.07. The Hall–Kier alpha value is -1.33. The lowest BCUT2D eigenvalue weighted by molar-refractivity contribution is 0.969. The molecule has 1 aliphatic carbocycles. The maximum Gasteiger partial charge on any atom is 0.114 e. The van der Waals surface area contributed by atoms with Gasteiger partial charge in [0, 0.05) is 17.1 Å². The fraction of sp³-hybridized carbons (Fsp3) is 0.300. The first kappa shape index (κ1) is 8.94. The lowest BCUT2D eigenvalue weighted by atomic mass is 10.2. The number of benzene rings is 1. The van der Waals surface area contributed by atoms with E-state index in [1.807, 2.05) is 18.2 Å². The highest BCUT2D eigenvalue weighted by molar-refractivity contribution is 7.11. The largest absolute Gasteiger partial charge is 0.758 e. The van der Waals surface area contributed by atoms with Crippen molar-refractivity contribution < 1.29 is 0 Å². The molecule has 0 amide bonds. The van der Waals surface area contributed by atoms with Gasteiger partial charge >= 0.3 is 0 Å². The van der Waals surface area contributed by atoms with Gasteiger partial charge in [0.1, 0.15) is 5.00 Å². The molecule has 1 heterocycles. The summed E-state index contributed by atoms with van der Waals surface area (Å²) in [5.41, 5.74) is 7.33. The topological polar surface area (TPSA) is 65.2 Å². The molecular formula is C10H10N3OS-. The number of aromatic nitrogens is 1. The maximum absolute atomic E-state index is 11.7. The van der Waals surface area contributed by atoms with Gasteiger partial charge in [0.15, 0.2) is 0 Å². The molecule has 2 aromatic rings. The quantitative estimate of drug-likeness (QED) is 0.789. The molecule has 1 aliphatic rings. The SMILES string of the molecule is Nc1snc2ccc(N([O-])C3CC3)cc12. The van der Waals surface area contributed by atoms with Crippen LogP contribution in [0.25, 0.3) is 10.9 Å². The molecule has 4 nitrogen and oxygen atoms in total. The number of anilines is 2.